The summed E-state index contributed by atoms with van der Waals surface area (Å²) in [4.78, 5) is 11.3. The molecule has 1 aliphatic carbocycles. The summed E-state index contributed by atoms with van der Waals surface area (Å²) in [5.74, 6) is -6.12. The molecule has 0 spiro atoms. The predicted octanol–water partition coefficient (Wildman–Crippen LogP) is 2.37. The van der Waals surface area contributed by atoms with Crippen molar-refractivity contribution in [2.45, 2.75) is 51.6 Å². The van der Waals surface area contributed by atoms with Crippen LogP contribution in [0.3, 0.4) is 0 Å². The standard InChI is InChI=1S/C12H20F2O3/c1-4-17-10(15)12(13,14)11(16)7-5-6-8(2)9(11)3/h8-9,16H,4-7H2,1-3H3. The maximum absolute atomic E-state index is 14.0. The molecule has 3 atom stereocenters. The second-order valence-corrected chi connectivity index (χ2v) is 4.88. The fraction of sp³-hybridized carbons (Fsp3) is 0.917. The van der Waals surface area contributed by atoms with Crippen molar-refractivity contribution in [2.75, 3.05) is 6.61 Å². The smallest absolute Gasteiger partial charge is 0.380 e. The zero-order valence-electron chi connectivity index (χ0n) is 10.5. The number of rotatable bonds is 3. The van der Waals surface area contributed by atoms with Crippen LogP contribution in [0.5, 0.6) is 0 Å². The lowest BCUT2D eigenvalue weighted by molar-refractivity contribution is -0.238. The average molecular weight is 250 g/mol. The lowest BCUT2D eigenvalue weighted by atomic mass is 9.67. The number of esters is 1. The van der Waals surface area contributed by atoms with Gasteiger partial charge in [0.05, 0.1) is 6.61 Å². The van der Waals surface area contributed by atoms with Crippen molar-refractivity contribution in [1.29, 1.82) is 0 Å². The topological polar surface area (TPSA) is 46.5 Å². The van der Waals surface area contributed by atoms with E-state index in [-0.39, 0.29) is 18.9 Å². The number of ether oxygens (including phenoxy) is 1. The molecule has 5 heteroatoms. The molecular formula is C12H20F2O3. The number of alkyl halides is 2. The summed E-state index contributed by atoms with van der Waals surface area (Å²) in [5, 5.41) is 10.2. The van der Waals surface area contributed by atoms with Gasteiger partial charge in [-0.3, -0.25) is 0 Å². The molecule has 0 radical (unpaired) electrons. The lowest BCUT2D eigenvalue weighted by Gasteiger charge is -2.44. The Morgan fingerprint density at radius 3 is 2.65 bits per heavy atom. The van der Waals surface area contributed by atoms with Crippen molar-refractivity contribution in [3.63, 3.8) is 0 Å². The van der Waals surface area contributed by atoms with E-state index < -0.39 is 23.4 Å². The average Bonchev–Trinajstić information content (AvgIpc) is 2.26. The van der Waals surface area contributed by atoms with Crippen LogP contribution in [0.15, 0.2) is 0 Å². The van der Waals surface area contributed by atoms with Crippen LogP contribution in [0, 0.1) is 11.8 Å². The fourth-order valence-corrected chi connectivity index (χ4v) is 2.48. The first-order valence-electron chi connectivity index (χ1n) is 6.04. The highest BCUT2D eigenvalue weighted by molar-refractivity contribution is 5.79. The van der Waals surface area contributed by atoms with E-state index in [1.54, 1.807) is 6.92 Å². The first-order chi connectivity index (χ1) is 7.77. The SMILES string of the molecule is CCOC(=O)C(F)(F)C1(O)CCCC(C)C1C. The third kappa shape index (κ3) is 2.30. The van der Waals surface area contributed by atoms with Crippen molar-refractivity contribution in [3.05, 3.63) is 0 Å². The number of aliphatic hydroxyl groups is 1. The first-order valence-corrected chi connectivity index (χ1v) is 6.04. The van der Waals surface area contributed by atoms with Gasteiger partial charge in [0.15, 0.2) is 0 Å². The van der Waals surface area contributed by atoms with Crippen LogP contribution >= 0.6 is 0 Å². The molecule has 1 aliphatic rings. The predicted molar refractivity (Wildman–Crippen MR) is 58.7 cm³/mol. The van der Waals surface area contributed by atoms with E-state index in [1.165, 1.54) is 6.92 Å². The molecule has 0 heterocycles. The van der Waals surface area contributed by atoms with Gasteiger partial charge in [0, 0.05) is 0 Å². The van der Waals surface area contributed by atoms with Crippen LogP contribution in [-0.4, -0.2) is 29.2 Å². The summed E-state index contributed by atoms with van der Waals surface area (Å²) < 4.78 is 32.3. The van der Waals surface area contributed by atoms with Gasteiger partial charge >= 0.3 is 11.9 Å². The van der Waals surface area contributed by atoms with E-state index in [4.69, 9.17) is 0 Å². The lowest BCUT2D eigenvalue weighted by Crippen LogP contribution is -2.60. The Bertz CT molecular complexity index is 293. The molecule has 0 aromatic rings. The van der Waals surface area contributed by atoms with Crippen molar-refractivity contribution in [1.82, 2.24) is 0 Å². The second kappa shape index (κ2) is 4.88. The largest absolute Gasteiger partial charge is 0.461 e. The molecule has 0 aromatic heterocycles. The normalized spacial score (nSPS) is 34.5. The van der Waals surface area contributed by atoms with Crippen molar-refractivity contribution in [3.8, 4) is 0 Å². The number of hydrogen-bond donors (Lipinski definition) is 1. The molecule has 3 nitrogen and oxygen atoms in total. The number of carbonyl (C=O) groups excluding carboxylic acids is 1. The van der Waals surface area contributed by atoms with Crippen LogP contribution in [-0.2, 0) is 9.53 Å². The van der Waals surface area contributed by atoms with Crippen molar-refractivity contribution < 1.29 is 23.4 Å². The van der Waals surface area contributed by atoms with E-state index in [0.29, 0.717) is 6.42 Å². The molecule has 100 valence electrons. The van der Waals surface area contributed by atoms with Crippen molar-refractivity contribution >= 4 is 5.97 Å². The van der Waals surface area contributed by atoms with Crippen LogP contribution in [0.2, 0.25) is 0 Å². The second-order valence-electron chi connectivity index (χ2n) is 4.88. The van der Waals surface area contributed by atoms with Gasteiger partial charge in [-0.25, -0.2) is 4.79 Å². The maximum Gasteiger partial charge on any atom is 0.380 e. The molecule has 0 aliphatic heterocycles. The van der Waals surface area contributed by atoms with Gasteiger partial charge in [-0.1, -0.05) is 26.7 Å². The van der Waals surface area contributed by atoms with Gasteiger partial charge in [0.25, 0.3) is 0 Å². The molecule has 0 aromatic carbocycles. The maximum atomic E-state index is 14.0. The molecule has 0 saturated heterocycles. The summed E-state index contributed by atoms with van der Waals surface area (Å²) in [7, 11) is 0. The van der Waals surface area contributed by atoms with Gasteiger partial charge in [0.1, 0.15) is 5.60 Å². The van der Waals surface area contributed by atoms with Gasteiger partial charge in [0.2, 0.25) is 0 Å². The minimum absolute atomic E-state index is 0.0333. The van der Waals surface area contributed by atoms with Gasteiger partial charge < -0.3 is 9.84 Å². The third-order valence-corrected chi connectivity index (χ3v) is 3.90. The number of halogens is 2. The first kappa shape index (κ1) is 14.4. The van der Waals surface area contributed by atoms with E-state index in [0.717, 1.165) is 6.42 Å². The van der Waals surface area contributed by atoms with Gasteiger partial charge in [-0.15, -0.1) is 0 Å². The Labute approximate surface area is 100 Å². The van der Waals surface area contributed by atoms with Gasteiger partial charge in [-0.05, 0) is 25.2 Å². The minimum Gasteiger partial charge on any atom is -0.461 e. The molecule has 1 rings (SSSR count). The minimum atomic E-state index is -3.84. The van der Waals surface area contributed by atoms with Gasteiger partial charge in [-0.2, -0.15) is 8.78 Å². The quantitative estimate of drug-likeness (QED) is 0.782. The highest BCUT2D eigenvalue weighted by atomic mass is 19.3. The van der Waals surface area contributed by atoms with Crippen LogP contribution in [0.1, 0.15) is 40.0 Å². The summed E-state index contributed by atoms with van der Waals surface area (Å²) in [6.07, 6.45) is 1.23. The monoisotopic (exact) mass is 250 g/mol. The Balaban J connectivity index is 2.97. The van der Waals surface area contributed by atoms with Crippen LogP contribution in [0.25, 0.3) is 0 Å². The molecular weight excluding hydrogens is 230 g/mol. The highest BCUT2D eigenvalue weighted by Gasteiger charge is 2.63. The number of hydrogen-bond acceptors (Lipinski definition) is 3. The van der Waals surface area contributed by atoms with Crippen LogP contribution < -0.4 is 0 Å². The van der Waals surface area contributed by atoms with E-state index in [1.807, 2.05) is 6.92 Å². The molecule has 0 amide bonds. The van der Waals surface area contributed by atoms with Crippen LogP contribution in [0.4, 0.5) is 8.78 Å². The summed E-state index contributed by atoms with van der Waals surface area (Å²) in [5.41, 5.74) is -2.28. The van der Waals surface area contributed by atoms with E-state index in [2.05, 4.69) is 4.74 Å². The molecule has 1 saturated carbocycles. The molecule has 17 heavy (non-hydrogen) atoms. The third-order valence-electron chi connectivity index (χ3n) is 3.90. The van der Waals surface area contributed by atoms with E-state index >= 15 is 0 Å². The van der Waals surface area contributed by atoms with E-state index in [9.17, 15) is 18.7 Å². The van der Waals surface area contributed by atoms with Crippen molar-refractivity contribution in [2.24, 2.45) is 11.8 Å². The molecule has 0 bridgehead atoms. The molecule has 1 fully saturated rings. The fourth-order valence-electron chi connectivity index (χ4n) is 2.48. The Hall–Kier alpha value is -0.710. The molecule has 3 unspecified atom stereocenters. The Morgan fingerprint density at radius 2 is 2.12 bits per heavy atom. The zero-order chi connectivity index (χ0) is 13.3. The summed E-state index contributed by atoms with van der Waals surface area (Å²) in [6, 6.07) is 0. The zero-order valence-corrected chi connectivity index (χ0v) is 10.5. The summed E-state index contributed by atoms with van der Waals surface area (Å²) in [6.45, 7) is 4.73. The summed E-state index contributed by atoms with van der Waals surface area (Å²) >= 11 is 0. The Kier molecular flexibility index (Phi) is 4.12. The highest BCUT2D eigenvalue weighted by Crippen LogP contribution is 2.46. The molecule has 1 N–H and O–H groups in total. The Morgan fingerprint density at radius 1 is 1.53 bits per heavy atom. The number of carbonyl (C=O) groups is 1.